The summed E-state index contributed by atoms with van der Waals surface area (Å²) in [7, 11) is -3.96. The summed E-state index contributed by atoms with van der Waals surface area (Å²) in [6.07, 6.45) is 5.56. The van der Waals surface area contributed by atoms with Gasteiger partial charge in [-0.05, 0) is 97.7 Å². The van der Waals surface area contributed by atoms with Crippen molar-refractivity contribution in [3.63, 3.8) is 0 Å². The Hall–Kier alpha value is -1.18. The van der Waals surface area contributed by atoms with Gasteiger partial charge in [-0.3, -0.25) is 4.79 Å². The third kappa shape index (κ3) is 4.72. The second-order valence-corrected chi connectivity index (χ2v) is 15.7. The molecule has 1 amide bonds. The van der Waals surface area contributed by atoms with E-state index in [1.807, 2.05) is 0 Å². The predicted octanol–water partition coefficient (Wildman–Crippen LogP) is 2.50. The first-order valence-corrected chi connectivity index (χ1v) is 16.3. The first-order valence-electron chi connectivity index (χ1n) is 14.0. The summed E-state index contributed by atoms with van der Waals surface area (Å²) in [6.45, 7) is 6.68. The van der Waals surface area contributed by atoms with Gasteiger partial charge >= 0.3 is 0 Å². The molecule has 0 aromatic carbocycles. The number of sulfonamides is 1. The lowest BCUT2D eigenvalue weighted by Crippen LogP contribution is -2.62. The number of nitrogens with zero attached hydrogens (tertiary/aromatic N) is 2. The number of nitrogens with one attached hydrogen (secondary N) is 1. The number of fused-ring (bicyclic) bond motifs is 5. The molecule has 214 valence electrons. The van der Waals surface area contributed by atoms with Crippen LogP contribution in [0.4, 0.5) is 5.13 Å². The van der Waals surface area contributed by atoms with Gasteiger partial charge in [0, 0.05) is 6.42 Å². The van der Waals surface area contributed by atoms with Crippen LogP contribution in [0.3, 0.4) is 0 Å². The second-order valence-electron chi connectivity index (χ2n) is 13.0. The van der Waals surface area contributed by atoms with Crippen LogP contribution in [0.5, 0.6) is 0 Å². The summed E-state index contributed by atoms with van der Waals surface area (Å²) < 4.78 is 22.5. The number of nitrogens with two attached hydrogens (primary N) is 1. The molecule has 4 fully saturated rings. The first kappa shape index (κ1) is 28.4. The number of carbonyl (C=O) groups is 1. The highest BCUT2D eigenvalue weighted by Gasteiger charge is 2.65. The van der Waals surface area contributed by atoms with E-state index >= 15 is 0 Å². The smallest absolute Gasteiger partial charge is 0.267 e. The van der Waals surface area contributed by atoms with E-state index in [4.69, 9.17) is 5.14 Å². The van der Waals surface area contributed by atoms with Crippen LogP contribution < -0.4 is 10.5 Å². The number of aliphatic hydroxyl groups excluding tert-OH is 3. The highest BCUT2D eigenvalue weighted by atomic mass is 32.2. The summed E-state index contributed by atoms with van der Waals surface area (Å²) in [4.78, 5) is 12.6. The van der Waals surface area contributed by atoms with E-state index in [1.165, 1.54) is 0 Å². The average Bonchev–Trinajstić information content (AvgIpc) is 3.45. The maximum atomic E-state index is 12.6. The largest absolute Gasteiger partial charge is 0.393 e. The van der Waals surface area contributed by atoms with Gasteiger partial charge in [0.15, 0.2) is 0 Å². The van der Waals surface area contributed by atoms with Crippen LogP contribution in [0.1, 0.15) is 78.6 Å². The van der Waals surface area contributed by atoms with E-state index in [9.17, 15) is 28.5 Å². The second kappa shape index (κ2) is 10.0. The van der Waals surface area contributed by atoms with Crippen molar-refractivity contribution >= 4 is 32.4 Å². The Labute approximate surface area is 228 Å². The Morgan fingerprint density at radius 3 is 2.55 bits per heavy atom. The zero-order valence-electron chi connectivity index (χ0n) is 22.4. The summed E-state index contributed by atoms with van der Waals surface area (Å²) in [6, 6.07) is 0. The molecule has 1 aromatic rings. The van der Waals surface area contributed by atoms with Gasteiger partial charge in [-0.1, -0.05) is 32.1 Å². The third-order valence-electron chi connectivity index (χ3n) is 11.2. The highest BCUT2D eigenvalue weighted by molar-refractivity contribution is 7.91. The summed E-state index contributed by atoms with van der Waals surface area (Å²) in [5.41, 5.74) is -0.278. The van der Waals surface area contributed by atoms with Crippen LogP contribution in [-0.2, 0) is 14.8 Å². The van der Waals surface area contributed by atoms with E-state index in [2.05, 4.69) is 36.3 Å². The van der Waals surface area contributed by atoms with Crippen molar-refractivity contribution in [3.05, 3.63) is 0 Å². The van der Waals surface area contributed by atoms with Crippen molar-refractivity contribution in [2.45, 2.75) is 101 Å². The maximum Gasteiger partial charge on any atom is 0.267 e. The van der Waals surface area contributed by atoms with Gasteiger partial charge in [-0.2, -0.15) is 0 Å². The molecule has 6 N–H and O–H groups in total. The van der Waals surface area contributed by atoms with Crippen molar-refractivity contribution in [1.29, 1.82) is 0 Å². The molecule has 3 unspecified atom stereocenters. The van der Waals surface area contributed by atoms with Gasteiger partial charge in [0.1, 0.15) is 0 Å². The highest BCUT2D eigenvalue weighted by Crippen LogP contribution is 2.68. The third-order valence-corrected chi connectivity index (χ3v) is 13.4. The Morgan fingerprint density at radius 1 is 1.13 bits per heavy atom. The van der Waals surface area contributed by atoms with Crippen molar-refractivity contribution in [2.24, 2.45) is 51.5 Å². The fourth-order valence-corrected chi connectivity index (χ4v) is 10.6. The molecular formula is C26H42N4O6S2. The van der Waals surface area contributed by atoms with Gasteiger partial charge < -0.3 is 20.6 Å². The molecule has 10 nitrogen and oxygen atoms in total. The number of rotatable bonds is 6. The van der Waals surface area contributed by atoms with E-state index in [0.29, 0.717) is 18.8 Å². The summed E-state index contributed by atoms with van der Waals surface area (Å²) >= 11 is 0.723. The van der Waals surface area contributed by atoms with Crippen LogP contribution in [0.2, 0.25) is 0 Å². The standard InChI is InChI=1S/C26H42N4O6S2/c1-13(4-7-21(34)28-23-29-30-24(37-23)38(27,35)36)16-5-6-17-22-18(12-20(33)26(16,17)3)25(2)9-8-15(31)10-14(25)11-19(22)32/h13-20,22,31-33H,4-12H2,1-3H3,(H2,27,35,36)(H,28,29,34)/t13-,14+,15-,16-,17?,18?,19-,20+,22?,25+,26-/m1/s1. The molecule has 38 heavy (non-hydrogen) atoms. The zero-order chi connectivity index (χ0) is 27.6. The van der Waals surface area contributed by atoms with Crippen LogP contribution in [0.25, 0.3) is 0 Å². The van der Waals surface area contributed by atoms with Gasteiger partial charge in [0.05, 0.1) is 18.3 Å². The van der Waals surface area contributed by atoms with Gasteiger partial charge in [-0.25, -0.2) is 13.6 Å². The minimum absolute atomic E-state index is 0.0427. The number of primary sulfonamides is 1. The zero-order valence-corrected chi connectivity index (χ0v) is 24.0. The lowest BCUT2D eigenvalue weighted by Gasteiger charge is -2.63. The minimum Gasteiger partial charge on any atom is -0.393 e. The number of amides is 1. The lowest BCUT2D eigenvalue weighted by molar-refractivity contribution is -0.207. The van der Waals surface area contributed by atoms with E-state index in [1.54, 1.807) is 0 Å². The van der Waals surface area contributed by atoms with E-state index < -0.39 is 22.2 Å². The normalized spacial score (nSPS) is 43.6. The molecule has 0 radical (unpaired) electrons. The topological polar surface area (TPSA) is 176 Å². The number of carbonyl (C=O) groups excluding carboxylic acids is 1. The van der Waals surface area contributed by atoms with Crippen LogP contribution in [0.15, 0.2) is 4.34 Å². The molecule has 0 bridgehead atoms. The van der Waals surface area contributed by atoms with Gasteiger partial charge in [0.25, 0.3) is 10.0 Å². The molecule has 4 saturated carbocycles. The minimum atomic E-state index is -3.96. The Bertz CT molecular complexity index is 1160. The van der Waals surface area contributed by atoms with Crippen LogP contribution >= 0.6 is 11.3 Å². The summed E-state index contributed by atoms with van der Waals surface area (Å²) in [5, 5.41) is 48.4. The lowest BCUT2D eigenvalue weighted by atomic mass is 9.43. The number of aliphatic hydroxyl groups is 3. The molecule has 5 rings (SSSR count). The van der Waals surface area contributed by atoms with Crippen molar-refractivity contribution in [1.82, 2.24) is 10.2 Å². The Kier molecular flexibility index (Phi) is 7.48. The maximum absolute atomic E-state index is 12.6. The number of hydrogen-bond acceptors (Lipinski definition) is 9. The molecule has 1 aromatic heterocycles. The Morgan fingerprint density at radius 2 is 1.87 bits per heavy atom. The molecule has 0 saturated heterocycles. The van der Waals surface area contributed by atoms with E-state index in [-0.39, 0.29) is 68.3 Å². The molecule has 1 heterocycles. The molecule has 12 heteroatoms. The van der Waals surface area contributed by atoms with Gasteiger partial charge in [0.2, 0.25) is 15.4 Å². The van der Waals surface area contributed by atoms with Gasteiger partial charge in [-0.15, -0.1) is 10.2 Å². The fourth-order valence-electron chi connectivity index (χ4n) is 9.25. The van der Waals surface area contributed by atoms with Crippen molar-refractivity contribution in [2.75, 3.05) is 5.32 Å². The first-order chi connectivity index (χ1) is 17.7. The van der Waals surface area contributed by atoms with Crippen LogP contribution in [0, 0.1) is 46.3 Å². The number of aromatic nitrogens is 2. The Balaban J connectivity index is 1.26. The average molecular weight is 571 g/mol. The number of anilines is 1. The molecule has 11 atom stereocenters. The van der Waals surface area contributed by atoms with Crippen LogP contribution in [-0.4, -0.2) is 58.2 Å². The quantitative estimate of drug-likeness (QED) is 0.324. The molecule has 0 aliphatic heterocycles. The van der Waals surface area contributed by atoms with Crippen molar-refractivity contribution < 1.29 is 28.5 Å². The molecular weight excluding hydrogens is 528 g/mol. The monoisotopic (exact) mass is 570 g/mol. The van der Waals surface area contributed by atoms with E-state index in [0.717, 1.165) is 49.9 Å². The summed E-state index contributed by atoms with van der Waals surface area (Å²) in [5.74, 6) is 1.09. The molecule has 4 aliphatic carbocycles. The molecule has 0 spiro atoms. The van der Waals surface area contributed by atoms with Crippen molar-refractivity contribution in [3.8, 4) is 0 Å². The molecule has 4 aliphatic rings. The number of hydrogen-bond donors (Lipinski definition) is 5. The predicted molar refractivity (Wildman–Crippen MR) is 142 cm³/mol. The fraction of sp³-hybridized carbons (Fsp3) is 0.885. The SMILES string of the molecule is C[C@H](CCC(=O)Nc1nnc(S(N)(=O)=O)s1)[C@H]1CCC2C3C(C[C@H](O)[C@@]21C)[C@@]1(C)CC[C@@H](O)C[C@H]1C[C@H]3O.